The molecule has 0 amide bonds. The van der Waals surface area contributed by atoms with Gasteiger partial charge in [0.1, 0.15) is 0 Å². The second kappa shape index (κ2) is 5.92. The van der Waals surface area contributed by atoms with Crippen LogP contribution in [0.5, 0.6) is 0 Å². The van der Waals surface area contributed by atoms with E-state index in [1.54, 1.807) is 0 Å². The van der Waals surface area contributed by atoms with E-state index in [4.69, 9.17) is 4.74 Å². The lowest BCUT2D eigenvalue weighted by Gasteiger charge is -2.46. The van der Waals surface area contributed by atoms with Crippen molar-refractivity contribution in [1.29, 1.82) is 0 Å². The number of ether oxygens (including phenoxy) is 1. The summed E-state index contributed by atoms with van der Waals surface area (Å²) in [6.07, 6.45) is -0.844. The smallest absolute Gasteiger partial charge is 0.171 e. The predicted octanol–water partition coefficient (Wildman–Crippen LogP) is 2.80. The Labute approximate surface area is 123 Å². The van der Waals surface area contributed by atoms with Gasteiger partial charge in [-0.3, -0.25) is 0 Å². The Morgan fingerprint density at radius 1 is 1.32 bits per heavy atom. The van der Waals surface area contributed by atoms with Crippen molar-refractivity contribution < 1.29 is 9.84 Å². The first kappa shape index (κ1) is 15.0. The third kappa shape index (κ3) is 3.57. The van der Waals surface area contributed by atoms with Crippen molar-refractivity contribution in [2.24, 2.45) is 5.92 Å². The van der Waals surface area contributed by atoms with Crippen LogP contribution in [0.2, 0.25) is 0 Å². The molecule has 0 spiro atoms. The van der Waals surface area contributed by atoms with Crippen molar-refractivity contribution in [1.82, 2.24) is 4.90 Å². The van der Waals surface area contributed by atoms with Crippen molar-refractivity contribution >= 4 is 15.9 Å². The van der Waals surface area contributed by atoms with Crippen molar-refractivity contribution in [2.75, 3.05) is 20.1 Å². The summed E-state index contributed by atoms with van der Waals surface area (Å²) >= 11 is 3.52. The highest BCUT2D eigenvalue weighted by molar-refractivity contribution is 9.09. The monoisotopic (exact) mass is 327 g/mol. The minimum Gasteiger partial charge on any atom is -0.367 e. The summed E-state index contributed by atoms with van der Waals surface area (Å²) < 4.78 is 5.89. The van der Waals surface area contributed by atoms with Crippen molar-refractivity contribution in [3.05, 3.63) is 35.9 Å². The van der Waals surface area contributed by atoms with E-state index >= 15 is 0 Å². The second-order valence-corrected chi connectivity index (χ2v) is 6.83. The molecule has 1 aromatic rings. The van der Waals surface area contributed by atoms with Crippen LogP contribution in [0, 0.1) is 5.92 Å². The lowest BCUT2D eigenvalue weighted by atomic mass is 9.84. The van der Waals surface area contributed by atoms with E-state index in [9.17, 15) is 5.11 Å². The van der Waals surface area contributed by atoms with Gasteiger partial charge in [0.15, 0.2) is 6.29 Å². The van der Waals surface area contributed by atoms with Gasteiger partial charge in [-0.05, 0) is 26.5 Å². The van der Waals surface area contributed by atoms with Crippen LogP contribution in [0.4, 0.5) is 0 Å². The lowest BCUT2D eigenvalue weighted by molar-refractivity contribution is -0.206. The molecule has 1 aromatic carbocycles. The van der Waals surface area contributed by atoms with Gasteiger partial charge in [-0.1, -0.05) is 46.3 Å². The second-order valence-electron chi connectivity index (χ2n) is 5.84. The van der Waals surface area contributed by atoms with Crippen molar-refractivity contribution in [3.63, 3.8) is 0 Å². The Morgan fingerprint density at radius 2 is 1.89 bits per heavy atom. The zero-order chi connectivity index (χ0) is 14.0. The van der Waals surface area contributed by atoms with E-state index in [0.29, 0.717) is 5.92 Å². The van der Waals surface area contributed by atoms with Crippen LogP contribution < -0.4 is 0 Å². The third-order valence-corrected chi connectivity index (χ3v) is 4.82. The summed E-state index contributed by atoms with van der Waals surface area (Å²) in [6, 6.07) is 9.85. The van der Waals surface area contributed by atoms with Crippen LogP contribution in [0.3, 0.4) is 0 Å². The van der Waals surface area contributed by atoms with E-state index < -0.39 is 6.29 Å². The van der Waals surface area contributed by atoms with Gasteiger partial charge >= 0.3 is 0 Å². The topological polar surface area (TPSA) is 32.7 Å². The normalized spacial score (nSPS) is 20.9. The van der Waals surface area contributed by atoms with E-state index in [-0.39, 0.29) is 10.4 Å². The summed E-state index contributed by atoms with van der Waals surface area (Å²) in [5, 5.41) is 10.3. The average Bonchev–Trinajstić information content (AvgIpc) is 2.34. The zero-order valence-electron chi connectivity index (χ0n) is 11.7. The highest BCUT2D eigenvalue weighted by Gasteiger charge is 2.40. The number of alkyl halides is 1. The number of hydrogen-bond acceptors (Lipinski definition) is 3. The van der Waals surface area contributed by atoms with Crippen LogP contribution in [0.15, 0.2) is 30.3 Å². The number of halogens is 1. The van der Waals surface area contributed by atoms with Gasteiger partial charge < -0.3 is 14.7 Å². The maximum Gasteiger partial charge on any atom is 0.171 e. The number of hydrogen-bond donors (Lipinski definition) is 1. The fourth-order valence-electron chi connectivity index (χ4n) is 2.41. The standard InChI is InChI=1S/C15H22BrNO2/c1-15(2,12-9-17(3)10-12)19-14(18)13(16)11-7-5-4-6-8-11/h4-8,12-14,18H,9-10H2,1-3H3. The minimum atomic E-state index is -0.844. The largest absolute Gasteiger partial charge is 0.367 e. The van der Waals surface area contributed by atoms with E-state index in [2.05, 4.69) is 41.7 Å². The summed E-state index contributed by atoms with van der Waals surface area (Å²) in [5.41, 5.74) is 0.712. The molecule has 1 aliphatic heterocycles. The summed E-state index contributed by atoms with van der Waals surface area (Å²) in [6.45, 7) is 6.16. The number of benzene rings is 1. The van der Waals surface area contributed by atoms with Crippen LogP contribution in [-0.2, 0) is 4.74 Å². The molecule has 106 valence electrons. The van der Waals surface area contributed by atoms with Crippen LogP contribution >= 0.6 is 15.9 Å². The summed E-state index contributed by atoms with van der Waals surface area (Å²) in [5.74, 6) is 0.475. The molecule has 19 heavy (non-hydrogen) atoms. The van der Waals surface area contributed by atoms with Gasteiger partial charge in [0.2, 0.25) is 0 Å². The SMILES string of the molecule is CN1CC(C(C)(C)OC(O)C(Br)c2ccccc2)C1. The summed E-state index contributed by atoms with van der Waals surface area (Å²) in [7, 11) is 2.10. The van der Waals surface area contributed by atoms with Gasteiger partial charge in [0.25, 0.3) is 0 Å². The fraction of sp³-hybridized carbons (Fsp3) is 0.600. The first-order chi connectivity index (χ1) is 8.90. The molecule has 0 radical (unpaired) electrons. The molecule has 0 bridgehead atoms. The maximum absolute atomic E-state index is 10.3. The Hall–Kier alpha value is -0.420. The van der Waals surface area contributed by atoms with Crippen LogP contribution in [0.1, 0.15) is 24.2 Å². The van der Waals surface area contributed by atoms with Crippen molar-refractivity contribution in [2.45, 2.75) is 30.6 Å². The fourth-order valence-corrected chi connectivity index (χ4v) is 2.82. The number of likely N-dealkylation sites (tertiary alicyclic amines) is 1. The molecule has 2 atom stereocenters. The molecule has 0 saturated carbocycles. The van der Waals surface area contributed by atoms with Gasteiger partial charge in [0.05, 0.1) is 10.4 Å². The first-order valence-electron chi connectivity index (χ1n) is 6.63. The molecule has 1 saturated heterocycles. The molecule has 0 aromatic heterocycles. The molecule has 3 nitrogen and oxygen atoms in total. The van der Waals surface area contributed by atoms with Crippen LogP contribution in [-0.4, -0.2) is 42.0 Å². The Balaban J connectivity index is 1.95. The van der Waals surface area contributed by atoms with Gasteiger partial charge in [-0.15, -0.1) is 0 Å². The van der Waals surface area contributed by atoms with E-state index in [1.807, 2.05) is 30.3 Å². The Bertz CT molecular complexity index is 404. The molecule has 1 heterocycles. The number of nitrogens with zero attached hydrogens (tertiary/aromatic N) is 1. The average molecular weight is 328 g/mol. The molecule has 2 rings (SSSR count). The molecule has 1 fully saturated rings. The molecule has 4 heteroatoms. The molecule has 0 aliphatic carbocycles. The quantitative estimate of drug-likeness (QED) is 0.666. The van der Waals surface area contributed by atoms with Crippen LogP contribution in [0.25, 0.3) is 0 Å². The molecular weight excluding hydrogens is 306 g/mol. The third-order valence-electron chi connectivity index (χ3n) is 3.84. The highest BCUT2D eigenvalue weighted by atomic mass is 79.9. The maximum atomic E-state index is 10.3. The predicted molar refractivity (Wildman–Crippen MR) is 80.3 cm³/mol. The minimum absolute atomic E-state index is 0.203. The molecule has 1 N–H and O–H groups in total. The lowest BCUT2D eigenvalue weighted by Crippen LogP contribution is -2.56. The van der Waals surface area contributed by atoms with Gasteiger partial charge in [-0.25, -0.2) is 0 Å². The Morgan fingerprint density at radius 3 is 2.42 bits per heavy atom. The Kier molecular flexibility index (Phi) is 4.66. The van der Waals surface area contributed by atoms with Gasteiger partial charge in [-0.2, -0.15) is 0 Å². The van der Waals surface area contributed by atoms with E-state index in [0.717, 1.165) is 18.7 Å². The molecular formula is C15H22BrNO2. The number of aliphatic hydroxyl groups is 1. The molecule has 2 unspecified atom stereocenters. The first-order valence-corrected chi connectivity index (χ1v) is 7.55. The van der Waals surface area contributed by atoms with Gasteiger partial charge in [0, 0.05) is 19.0 Å². The zero-order valence-corrected chi connectivity index (χ0v) is 13.3. The number of rotatable bonds is 5. The molecule has 1 aliphatic rings. The number of aliphatic hydroxyl groups excluding tert-OH is 1. The van der Waals surface area contributed by atoms with Crippen molar-refractivity contribution in [3.8, 4) is 0 Å². The highest BCUT2D eigenvalue weighted by Crippen LogP contribution is 2.34. The van der Waals surface area contributed by atoms with E-state index in [1.165, 1.54) is 0 Å². The summed E-state index contributed by atoms with van der Waals surface area (Å²) in [4.78, 5) is 2.05.